The largest absolute Gasteiger partial charge is 0.500 e. The molecule has 1 saturated heterocycles. The van der Waals surface area contributed by atoms with Crippen LogP contribution in [0, 0.1) is 0 Å². The Hall–Kier alpha value is 0.0169. The summed E-state index contributed by atoms with van der Waals surface area (Å²) in [7, 11) is 0.944. The number of epoxide rings is 1. The van der Waals surface area contributed by atoms with Crippen molar-refractivity contribution < 1.29 is 22.8 Å². The Balaban J connectivity index is 2.09. The van der Waals surface area contributed by atoms with Gasteiger partial charge in [0.05, 0.1) is 19.3 Å². The second-order valence-corrected chi connectivity index (χ2v) is 7.90. The molecule has 2 unspecified atom stereocenters. The smallest absolute Gasteiger partial charge is 0.377 e. The van der Waals surface area contributed by atoms with E-state index in [4.69, 9.17) is 22.8 Å². The zero-order valence-electron chi connectivity index (χ0n) is 12.6. The second kappa shape index (κ2) is 9.04. The zero-order chi connectivity index (χ0) is 14.1. The molecular weight excluding hydrogens is 264 g/mol. The molecule has 19 heavy (non-hydrogen) atoms. The van der Waals surface area contributed by atoms with Crippen LogP contribution >= 0.6 is 0 Å². The third kappa shape index (κ3) is 6.83. The molecule has 1 aliphatic heterocycles. The molecule has 0 amide bonds. The lowest BCUT2D eigenvalue weighted by Gasteiger charge is -2.26. The first-order valence-electron chi connectivity index (χ1n) is 7.13. The summed E-state index contributed by atoms with van der Waals surface area (Å²) >= 11 is 0. The normalized spacial score (nSPS) is 20.5. The van der Waals surface area contributed by atoms with E-state index < -0.39 is 8.80 Å². The first-order valence-corrected chi connectivity index (χ1v) is 9.06. The maximum Gasteiger partial charge on any atom is 0.500 e. The predicted octanol–water partition coefficient (Wildman–Crippen LogP) is 2.23. The maximum absolute atomic E-state index is 5.87. The average Bonchev–Trinajstić information content (AvgIpc) is 3.24. The van der Waals surface area contributed by atoms with Crippen LogP contribution in [0.2, 0.25) is 6.04 Å². The highest BCUT2D eigenvalue weighted by Gasteiger charge is 2.37. The molecule has 114 valence electrons. The summed E-state index contributed by atoms with van der Waals surface area (Å²) in [6.45, 7) is 6.43. The minimum atomic E-state index is -2.40. The van der Waals surface area contributed by atoms with E-state index in [-0.39, 0.29) is 6.10 Å². The fourth-order valence-corrected chi connectivity index (χ4v) is 3.92. The molecule has 0 aliphatic carbocycles. The van der Waals surface area contributed by atoms with Gasteiger partial charge in [0.2, 0.25) is 0 Å². The number of rotatable bonds is 12. The molecule has 1 heterocycles. The minimum absolute atomic E-state index is 0.250. The SMILES string of the molecule is CCC[Si](OC)(OC)OCCCC(C)OCC1CO1. The molecule has 0 bridgehead atoms. The Kier molecular flexibility index (Phi) is 8.13. The standard InChI is InChI=1S/C13H28O5Si/c1-5-9-19(14-3,15-4)18-8-6-7-12(2)16-10-13-11-17-13/h12-13H,5-11H2,1-4H3. The highest BCUT2D eigenvalue weighted by molar-refractivity contribution is 6.60. The van der Waals surface area contributed by atoms with Crippen molar-refractivity contribution >= 4 is 8.80 Å². The summed E-state index contributed by atoms with van der Waals surface area (Å²) in [5.74, 6) is 0. The third-order valence-corrected chi connectivity index (χ3v) is 6.22. The lowest BCUT2D eigenvalue weighted by Crippen LogP contribution is -2.43. The second-order valence-electron chi connectivity index (χ2n) is 4.93. The van der Waals surface area contributed by atoms with Gasteiger partial charge in [0.1, 0.15) is 6.10 Å². The highest BCUT2D eigenvalue weighted by Crippen LogP contribution is 2.17. The van der Waals surface area contributed by atoms with E-state index in [1.165, 1.54) is 0 Å². The fourth-order valence-electron chi connectivity index (χ4n) is 1.90. The highest BCUT2D eigenvalue weighted by atomic mass is 28.4. The molecule has 2 atom stereocenters. The van der Waals surface area contributed by atoms with Gasteiger partial charge in [-0.25, -0.2) is 0 Å². The van der Waals surface area contributed by atoms with Gasteiger partial charge >= 0.3 is 8.80 Å². The number of hydrogen-bond acceptors (Lipinski definition) is 5. The fraction of sp³-hybridized carbons (Fsp3) is 1.00. The first kappa shape index (κ1) is 17.1. The van der Waals surface area contributed by atoms with E-state index >= 15 is 0 Å². The van der Waals surface area contributed by atoms with Gasteiger partial charge in [-0.3, -0.25) is 0 Å². The van der Waals surface area contributed by atoms with Crippen molar-refractivity contribution in [2.45, 2.75) is 51.4 Å². The zero-order valence-corrected chi connectivity index (χ0v) is 13.6. The molecule has 5 nitrogen and oxygen atoms in total. The predicted molar refractivity (Wildman–Crippen MR) is 75.2 cm³/mol. The Morgan fingerprint density at radius 3 is 2.53 bits per heavy atom. The molecule has 0 aromatic rings. The third-order valence-electron chi connectivity index (χ3n) is 3.22. The number of ether oxygens (including phenoxy) is 2. The van der Waals surface area contributed by atoms with Crippen LogP contribution in [0.25, 0.3) is 0 Å². The Morgan fingerprint density at radius 2 is 2.00 bits per heavy atom. The van der Waals surface area contributed by atoms with E-state index in [9.17, 15) is 0 Å². The maximum atomic E-state index is 5.87. The molecule has 1 fully saturated rings. The Bertz CT molecular complexity index is 231. The summed E-state index contributed by atoms with van der Waals surface area (Å²) in [6.07, 6.45) is 3.54. The van der Waals surface area contributed by atoms with Gasteiger partial charge in [-0.15, -0.1) is 0 Å². The molecule has 0 saturated carbocycles. The van der Waals surface area contributed by atoms with E-state index in [1.54, 1.807) is 14.2 Å². The van der Waals surface area contributed by atoms with Gasteiger partial charge in [0.15, 0.2) is 0 Å². The molecule has 0 radical (unpaired) electrons. The Morgan fingerprint density at radius 1 is 1.32 bits per heavy atom. The molecule has 6 heteroatoms. The summed E-state index contributed by atoms with van der Waals surface area (Å²) in [4.78, 5) is 0. The average molecular weight is 292 g/mol. The van der Waals surface area contributed by atoms with E-state index in [2.05, 4.69) is 13.8 Å². The van der Waals surface area contributed by atoms with Gasteiger partial charge in [-0.05, 0) is 19.8 Å². The minimum Gasteiger partial charge on any atom is -0.377 e. The molecule has 1 aliphatic rings. The van der Waals surface area contributed by atoms with E-state index in [0.29, 0.717) is 19.3 Å². The molecule has 1 rings (SSSR count). The number of hydrogen-bond donors (Lipinski definition) is 0. The van der Waals surface area contributed by atoms with Gasteiger partial charge in [-0.1, -0.05) is 13.3 Å². The molecule has 0 aromatic carbocycles. The quantitative estimate of drug-likeness (QED) is 0.314. The van der Waals surface area contributed by atoms with Gasteiger partial charge < -0.3 is 22.8 Å². The summed E-state index contributed by atoms with van der Waals surface area (Å²) in [5, 5.41) is 0. The molecule has 0 N–H and O–H groups in total. The van der Waals surface area contributed by atoms with Crippen LogP contribution in [0.15, 0.2) is 0 Å². The summed E-state index contributed by atoms with van der Waals surface area (Å²) in [5.41, 5.74) is 0. The summed E-state index contributed by atoms with van der Waals surface area (Å²) in [6, 6.07) is 0.866. The van der Waals surface area contributed by atoms with Gasteiger partial charge in [-0.2, -0.15) is 0 Å². The lowest BCUT2D eigenvalue weighted by atomic mass is 10.2. The van der Waals surface area contributed by atoms with Gasteiger partial charge in [0, 0.05) is 26.9 Å². The molecule has 0 spiro atoms. The van der Waals surface area contributed by atoms with Crippen LogP contribution in [0.4, 0.5) is 0 Å². The van der Waals surface area contributed by atoms with Crippen LogP contribution in [0.5, 0.6) is 0 Å². The van der Waals surface area contributed by atoms with Crippen LogP contribution in [-0.2, 0) is 22.8 Å². The van der Waals surface area contributed by atoms with E-state index in [0.717, 1.165) is 31.9 Å². The molecule has 0 aromatic heterocycles. The first-order chi connectivity index (χ1) is 9.15. The van der Waals surface area contributed by atoms with Crippen LogP contribution in [0.1, 0.15) is 33.1 Å². The lowest BCUT2D eigenvalue weighted by molar-refractivity contribution is 0.0405. The van der Waals surface area contributed by atoms with Crippen LogP contribution in [0.3, 0.4) is 0 Å². The topological polar surface area (TPSA) is 49.5 Å². The Labute approximate surface area is 117 Å². The van der Waals surface area contributed by atoms with Crippen molar-refractivity contribution in [1.29, 1.82) is 0 Å². The van der Waals surface area contributed by atoms with Crippen molar-refractivity contribution in [3.05, 3.63) is 0 Å². The van der Waals surface area contributed by atoms with Gasteiger partial charge in [0.25, 0.3) is 0 Å². The monoisotopic (exact) mass is 292 g/mol. The van der Waals surface area contributed by atoms with Crippen molar-refractivity contribution in [3.63, 3.8) is 0 Å². The molecular formula is C13H28O5Si. The van der Waals surface area contributed by atoms with Crippen molar-refractivity contribution in [1.82, 2.24) is 0 Å². The van der Waals surface area contributed by atoms with Crippen molar-refractivity contribution in [2.75, 3.05) is 34.0 Å². The summed E-state index contributed by atoms with van der Waals surface area (Å²) < 4.78 is 27.6. The van der Waals surface area contributed by atoms with Crippen LogP contribution in [-0.4, -0.2) is 55.1 Å². The van der Waals surface area contributed by atoms with Crippen molar-refractivity contribution in [2.24, 2.45) is 0 Å². The van der Waals surface area contributed by atoms with E-state index in [1.807, 2.05) is 0 Å². The van der Waals surface area contributed by atoms with Crippen LogP contribution < -0.4 is 0 Å². The van der Waals surface area contributed by atoms with Crippen molar-refractivity contribution in [3.8, 4) is 0 Å².